The minimum absolute atomic E-state index is 0.00819. The Morgan fingerprint density at radius 2 is 2.03 bits per heavy atom. The third kappa shape index (κ3) is 7.34. The highest BCUT2D eigenvalue weighted by atomic mass is 31.1. The lowest BCUT2D eigenvalue weighted by Crippen LogP contribution is -2.39. The highest BCUT2D eigenvalue weighted by Crippen LogP contribution is 2.35. The second-order valence-electron chi connectivity index (χ2n) is 7.59. The van der Waals surface area contributed by atoms with Gasteiger partial charge in [0, 0.05) is 25.8 Å². The van der Waals surface area contributed by atoms with Crippen LogP contribution in [0, 0.1) is 0 Å². The third-order valence-electron chi connectivity index (χ3n) is 5.09. The fourth-order valence-corrected chi connectivity index (χ4v) is 4.25. The molecule has 0 radical (unpaired) electrons. The summed E-state index contributed by atoms with van der Waals surface area (Å²) in [5.41, 5.74) is -1.25. The molecular weight excluding hydrogens is 485 g/mol. The third-order valence-corrected chi connectivity index (χ3v) is 6.34. The summed E-state index contributed by atoms with van der Waals surface area (Å²) in [5, 5.41) is 10.4. The molecule has 13 nitrogen and oxygen atoms in total. The van der Waals surface area contributed by atoms with Crippen molar-refractivity contribution in [3.05, 3.63) is 63.4 Å². The number of rotatable bonds is 12. The van der Waals surface area contributed by atoms with Crippen LogP contribution in [-0.2, 0) is 28.1 Å². The van der Waals surface area contributed by atoms with Crippen LogP contribution in [0.4, 0.5) is 0 Å². The predicted molar refractivity (Wildman–Crippen MR) is 122 cm³/mol. The maximum absolute atomic E-state index is 13.0. The molecule has 0 bridgehead atoms. The molecule has 2 aromatic rings. The molecule has 1 aliphatic heterocycles. The van der Waals surface area contributed by atoms with Gasteiger partial charge in [-0.05, 0) is 19.1 Å². The van der Waals surface area contributed by atoms with Crippen LogP contribution < -0.4 is 16.1 Å². The van der Waals surface area contributed by atoms with Crippen LogP contribution in [0.5, 0.6) is 5.75 Å². The normalized spacial score (nSPS) is 21.5. The molecule has 1 aliphatic rings. The van der Waals surface area contributed by atoms with Crippen molar-refractivity contribution < 1.29 is 38.0 Å². The Bertz CT molecular complexity index is 1110. The number of aliphatic hydroxyl groups excluding tert-OH is 1. The number of aromatic amines is 1. The number of nitrogens with zero attached hydrogens (tertiary/aromatic N) is 2. The zero-order valence-electron chi connectivity index (χ0n) is 19.2. The first kappa shape index (κ1) is 26.8. The summed E-state index contributed by atoms with van der Waals surface area (Å²) in [6.45, 7) is 1.34. The van der Waals surface area contributed by atoms with Gasteiger partial charge in [-0.25, -0.2) is 4.79 Å². The Kier molecular flexibility index (Phi) is 9.78. The smallest absolute Gasteiger partial charge is 0.330 e. The number of aromatic nitrogens is 2. The molecule has 0 spiro atoms. The van der Waals surface area contributed by atoms with Crippen molar-refractivity contribution in [2.45, 2.75) is 37.8 Å². The molecule has 1 aromatic heterocycles. The maximum Gasteiger partial charge on any atom is 0.330 e. The largest absolute Gasteiger partial charge is 0.462 e. The van der Waals surface area contributed by atoms with Crippen LogP contribution in [0.1, 0.15) is 19.6 Å². The van der Waals surface area contributed by atoms with Crippen molar-refractivity contribution in [2.75, 3.05) is 26.9 Å². The first-order chi connectivity index (χ1) is 16.8. The lowest BCUT2D eigenvalue weighted by molar-refractivity contribution is -0.156. The lowest BCUT2D eigenvalue weighted by atomic mass is 10.2. The molecule has 5 atom stereocenters. The molecule has 1 saturated heterocycles. The average molecular weight is 513 g/mol. The number of benzene rings is 1. The summed E-state index contributed by atoms with van der Waals surface area (Å²) >= 11 is 0. The molecule has 35 heavy (non-hydrogen) atoms. The average Bonchev–Trinajstić information content (AvgIpc) is 3.21. The van der Waals surface area contributed by atoms with E-state index in [0.29, 0.717) is 5.75 Å². The molecule has 0 saturated carbocycles. The highest BCUT2D eigenvalue weighted by molar-refractivity contribution is 7.36. The summed E-state index contributed by atoms with van der Waals surface area (Å²) in [6, 6.07) is 8.46. The topological polar surface area (TPSA) is 159 Å². The van der Waals surface area contributed by atoms with Gasteiger partial charge in [0.05, 0.1) is 19.3 Å². The van der Waals surface area contributed by atoms with Gasteiger partial charge < -0.3 is 28.7 Å². The number of carbonyl (C=O) groups excluding carboxylic acids is 1. The van der Waals surface area contributed by atoms with E-state index in [1.807, 2.05) is 0 Å². The number of aliphatic hydroxyl groups is 1. The van der Waals surface area contributed by atoms with Gasteiger partial charge in [0.25, 0.3) is 13.7 Å². The fourth-order valence-electron chi connectivity index (χ4n) is 3.22. The number of hydrogen-bond acceptors (Lipinski definition) is 10. The van der Waals surface area contributed by atoms with E-state index < -0.39 is 49.9 Å². The molecule has 192 valence electrons. The van der Waals surface area contributed by atoms with Gasteiger partial charge in [0.15, 0.2) is 0 Å². The Hall–Kier alpha value is -2.80. The molecular formula is C21H28N3O10P. The van der Waals surface area contributed by atoms with Gasteiger partial charge in [0.2, 0.25) is 0 Å². The molecule has 3 rings (SSSR count). The first-order valence-corrected chi connectivity index (χ1v) is 12.1. The Morgan fingerprint density at radius 1 is 1.29 bits per heavy atom. The fraction of sp³-hybridized carbons (Fsp3) is 0.476. The predicted octanol–water partition coefficient (Wildman–Crippen LogP) is 0.465. The summed E-state index contributed by atoms with van der Waals surface area (Å²) in [5.74, 6) is -0.379. The van der Waals surface area contributed by atoms with Gasteiger partial charge in [-0.15, -0.1) is 0 Å². The van der Waals surface area contributed by atoms with E-state index in [1.165, 1.54) is 20.2 Å². The number of carbonyl (C=O) groups is 1. The number of para-hydroxylation sites is 1. The SMILES string of the molecule is COCCOC(=O)C(C)N(Oc1ccccc1)[PH](=O)OC[C@H]1O[C@@H](n2ccc(=O)[nH]c2=O)C[C@@H]1O. The standard InChI is InChI=1S/C21H28N3O10P/c1-14(20(27)31-11-10-30-2)24(34-15-6-4-3-5-7-15)35(29)32-13-17-16(25)12-19(33-17)23-9-8-18(26)22-21(23)28/h3-9,14,16-17,19,25,35H,10-13H2,1-2H3,(H,22,26,28)/t14?,16-,17+,19+/m0/s1. The van der Waals surface area contributed by atoms with Crippen molar-refractivity contribution in [3.8, 4) is 5.75 Å². The molecule has 2 unspecified atom stereocenters. The maximum atomic E-state index is 13.0. The van der Waals surface area contributed by atoms with Gasteiger partial charge in [-0.3, -0.25) is 23.7 Å². The number of methoxy groups -OCH3 is 1. The van der Waals surface area contributed by atoms with Crippen LogP contribution in [-0.4, -0.2) is 70.6 Å². The first-order valence-electron chi connectivity index (χ1n) is 10.8. The van der Waals surface area contributed by atoms with E-state index >= 15 is 0 Å². The van der Waals surface area contributed by atoms with Crippen molar-refractivity contribution in [1.29, 1.82) is 0 Å². The molecule has 0 aliphatic carbocycles. The number of nitrogens with one attached hydrogen (secondary N) is 1. The number of hydroxylamine groups is 1. The zero-order chi connectivity index (χ0) is 25.4. The Labute approximate surface area is 201 Å². The number of ether oxygens (including phenoxy) is 3. The van der Waals surface area contributed by atoms with Crippen LogP contribution in [0.3, 0.4) is 0 Å². The van der Waals surface area contributed by atoms with E-state index in [9.17, 15) is 24.1 Å². The monoisotopic (exact) mass is 513 g/mol. The van der Waals surface area contributed by atoms with Crippen molar-refractivity contribution >= 4 is 14.1 Å². The van der Waals surface area contributed by atoms with Gasteiger partial charge in [0.1, 0.15) is 30.7 Å². The summed E-state index contributed by atoms with van der Waals surface area (Å²) in [6.07, 6.45) is -1.50. The number of H-pyrrole nitrogens is 1. The molecule has 2 N–H and O–H groups in total. The Balaban J connectivity index is 1.65. The zero-order valence-corrected chi connectivity index (χ0v) is 20.2. The van der Waals surface area contributed by atoms with E-state index in [0.717, 1.165) is 15.5 Å². The lowest BCUT2D eigenvalue weighted by Gasteiger charge is -2.26. The van der Waals surface area contributed by atoms with E-state index in [2.05, 4.69) is 4.98 Å². The van der Waals surface area contributed by atoms with E-state index in [1.54, 1.807) is 30.3 Å². The minimum atomic E-state index is -3.18. The molecule has 1 fully saturated rings. The van der Waals surface area contributed by atoms with Crippen molar-refractivity contribution in [1.82, 2.24) is 14.4 Å². The van der Waals surface area contributed by atoms with Gasteiger partial charge in [-0.1, -0.05) is 23.0 Å². The van der Waals surface area contributed by atoms with Crippen LogP contribution in [0.2, 0.25) is 0 Å². The van der Waals surface area contributed by atoms with Crippen LogP contribution in [0.25, 0.3) is 0 Å². The summed E-state index contributed by atoms with van der Waals surface area (Å²) in [7, 11) is -1.72. The molecule has 0 amide bonds. The second kappa shape index (κ2) is 12.8. The van der Waals surface area contributed by atoms with Gasteiger partial charge >= 0.3 is 11.7 Å². The number of esters is 1. The molecule has 14 heteroatoms. The van der Waals surface area contributed by atoms with Crippen molar-refractivity contribution in [3.63, 3.8) is 0 Å². The second-order valence-corrected chi connectivity index (χ2v) is 8.85. The van der Waals surface area contributed by atoms with E-state index in [4.69, 9.17) is 23.6 Å². The quantitative estimate of drug-likeness (QED) is 0.176. The van der Waals surface area contributed by atoms with Crippen LogP contribution in [0.15, 0.2) is 52.2 Å². The minimum Gasteiger partial charge on any atom is -0.462 e. The molecule has 2 heterocycles. The number of hydrogen-bond donors (Lipinski definition) is 2. The highest BCUT2D eigenvalue weighted by Gasteiger charge is 2.37. The Morgan fingerprint density at radius 3 is 2.71 bits per heavy atom. The van der Waals surface area contributed by atoms with Crippen LogP contribution >= 0.6 is 8.18 Å². The summed E-state index contributed by atoms with van der Waals surface area (Å²) in [4.78, 5) is 44.4. The van der Waals surface area contributed by atoms with Gasteiger partial charge in [-0.2, -0.15) is 0 Å². The summed E-state index contributed by atoms with van der Waals surface area (Å²) < 4.78 is 35.3. The molecule has 1 aromatic carbocycles. The van der Waals surface area contributed by atoms with E-state index in [-0.39, 0.29) is 26.2 Å². The van der Waals surface area contributed by atoms with Crippen molar-refractivity contribution in [2.24, 2.45) is 0 Å².